The predicted octanol–water partition coefficient (Wildman–Crippen LogP) is 2.73. The third kappa shape index (κ3) is 2.80. The van der Waals surface area contributed by atoms with Crippen molar-refractivity contribution in [1.29, 1.82) is 0 Å². The Bertz CT molecular complexity index is 482. The average Bonchev–Trinajstić information content (AvgIpc) is 2.38. The van der Waals surface area contributed by atoms with Crippen molar-refractivity contribution in [3.8, 4) is 5.75 Å². The first-order valence-corrected chi connectivity index (χ1v) is 7.18. The standard InChI is InChI=1S/C16H24N2O2/c1-10-14(17)9-8-13(16(10,2)3)15(20)18-11-4-6-12(19)7-5-11/h4-7,10,13-14,19H,8-9,17H2,1-3H3,(H,18,20). The molecule has 4 nitrogen and oxygen atoms in total. The topological polar surface area (TPSA) is 75.4 Å². The van der Waals surface area contributed by atoms with Crippen molar-refractivity contribution >= 4 is 11.6 Å². The van der Waals surface area contributed by atoms with E-state index in [0.29, 0.717) is 11.6 Å². The maximum absolute atomic E-state index is 12.5. The lowest BCUT2D eigenvalue weighted by Gasteiger charge is -2.46. The normalized spacial score (nSPS) is 28.9. The number of phenols is 1. The molecule has 1 aliphatic rings. The molecule has 0 radical (unpaired) electrons. The second kappa shape index (κ2) is 5.44. The fourth-order valence-electron chi connectivity index (χ4n) is 3.09. The van der Waals surface area contributed by atoms with Crippen molar-refractivity contribution < 1.29 is 9.90 Å². The van der Waals surface area contributed by atoms with Crippen LogP contribution in [0, 0.1) is 17.3 Å². The number of anilines is 1. The van der Waals surface area contributed by atoms with E-state index >= 15 is 0 Å². The molecular weight excluding hydrogens is 252 g/mol. The summed E-state index contributed by atoms with van der Waals surface area (Å²) in [6.07, 6.45) is 1.71. The highest BCUT2D eigenvalue weighted by molar-refractivity contribution is 5.93. The fraction of sp³-hybridized carbons (Fsp3) is 0.562. The van der Waals surface area contributed by atoms with Gasteiger partial charge in [-0.25, -0.2) is 0 Å². The fourth-order valence-corrected chi connectivity index (χ4v) is 3.09. The van der Waals surface area contributed by atoms with Crippen LogP contribution in [-0.2, 0) is 4.79 Å². The third-order valence-electron chi connectivity index (χ3n) is 4.95. The number of benzene rings is 1. The average molecular weight is 276 g/mol. The zero-order valence-electron chi connectivity index (χ0n) is 12.4. The van der Waals surface area contributed by atoms with Crippen molar-refractivity contribution in [3.05, 3.63) is 24.3 Å². The molecule has 0 bridgehead atoms. The molecule has 3 unspecified atom stereocenters. The highest BCUT2D eigenvalue weighted by atomic mass is 16.3. The number of hydrogen-bond acceptors (Lipinski definition) is 3. The zero-order valence-corrected chi connectivity index (χ0v) is 12.4. The van der Waals surface area contributed by atoms with Crippen LogP contribution in [0.2, 0.25) is 0 Å². The number of phenolic OH excluding ortho intramolecular Hbond substituents is 1. The van der Waals surface area contributed by atoms with Crippen molar-refractivity contribution in [2.75, 3.05) is 5.32 Å². The molecule has 1 aromatic carbocycles. The SMILES string of the molecule is CC1C(N)CCC(C(=O)Nc2ccc(O)cc2)C1(C)C. The molecule has 1 amide bonds. The number of hydrogen-bond donors (Lipinski definition) is 3. The Labute approximate surface area is 120 Å². The van der Waals surface area contributed by atoms with Gasteiger partial charge in [-0.15, -0.1) is 0 Å². The van der Waals surface area contributed by atoms with Gasteiger partial charge >= 0.3 is 0 Å². The summed E-state index contributed by atoms with van der Waals surface area (Å²) in [6, 6.07) is 6.72. The van der Waals surface area contributed by atoms with Gasteiger partial charge in [-0.2, -0.15) is 0 Å². The van der Waals surface area contributed by atoms with Gasteiger partial charge in [0.15, 0.2) is 0 Å². The molecule has 0 heterocycles. The summed E-state index contributed by atoms with van der Waals surface area (Å²) in [5.74, 6) is 0.512. The summed E-state index contributed by atoms with van der Waals surface area (Å²) in [5, 5.41) is 12.2. The highest BCUT2D eigenvalue weighted by Gasteiger charge is 2.44. The first kappa shape index (κ1) is 14.9. The third-order valence-corrected chi connectivity index (χ3v) is 4.95. The number of amides is 1. The Balaban J connectivity index is 2.10. The molecule has 1 saturated carbocycles. The molecule has 0 aliphatic heterocycles. The molecule has 20 heavy (non-hydrogen) atoms. The monoisotopic (exact) mass is 276 g/mol. The van der Waals surface area contributed by atoms with E-state index in [-0.39, 0.29) is 29.0 Å². The Kier molecular flexibility index (Phi) is 4.04. The minimum absolute atomic E-state index is 0.0360. The molecule has 0 aromatic heterocycles. The molecule has 1 aliphatic carbocycles. The van der Waals surface area contributed by atoms with Crippen molar-refractivity contribution in [1.82, 2.24) is 0 Å². The summed E-state index contributed by atoms with van der Waals surface area (Å²) < 4.78 is 0. The van der Waals surface area contributed by atoms with Crippen molar-refractivity contribution in [3.63, 3.8) is 0 Å². The highest BCUT2D eigenvalue weighted by Crippen LogP contribution is 2.44. The summed E-state index contributed by atoms with van der Waals surface area (Å²) in [5.41, 5.74) is 6.73. The van der Waals surface area contributed by atoms with Crippen LogP contribution < -0.4 is 11.1 Å². The number of carbonyl (C=O) groups is 1. The Hall–Kier alpha value is -1.55. The number of carbonyl (C=O) groups excluding carboxylic acids is 1. The molecule has 0 saturated heterocycles. The van der Waals surface area contributed by atoms with Gasteiger partial charge in [-0.1, -0.05) is 20.8 Å². The van der Waals surface area contributed by atoms with Crippen molar-refractivity contribution in [2.24, 2.45) is 23.0 Å². The van der Waals surface area contributed by atoms with Gasteiger partial charge in [-0.05, 0) is 48.4 Å². The lowest BCUT2D eigenvalue weighted by atomic mass is 9.61. The number of rotatable bonds is 2. The van der Waals surface area contributed by atoms with E-state index in [1.807, 2.05) is 0 Å². The Morgan fingerprint density at radius 2 is 1.90 bits per heavy atom. The molecule has 4 N–H and O–H groups in total. The predicted molar refractivity (Wildman–Crippen MR) is 80.4 cm³/mol. The molecule has 4 heteroatoms. The van der Waals surface area contributed by atoms with Crippen LogP contribution in [0.3, 0.4) is 0 Å². The second-order valence-corrected chi connectivity index (χ2v) is 6.44. The van der Waals surface area contributed by atoms with E-state index in [2.05, 4.69) is 26.1 Å². The van der Waals surface area contributed by atoms with Crippen LogP contribution in [0.4, 0.5) is 5.69 Å². The molecule has 2 rings (SSSR count). The number of nitrogens with one attached hydrogen (secondary N) is 1. The first-order chi connectivity index (χ1) is 9.32. The van der Waals surface area contributed by atoms with Gasteiger partial charge in [0.1, 0.15) is 5.75 Å². The van der Waals surface area contributed by atoms with E-state index in [1.165, 1.54) is 0 Å². The molecule has 1 fully saturated rings. The van der Waals surface area contributed by atoms with Gasteiger partial charge in [0.05, 0.1) is 0 Å². The number of aromatic hydroxyl groups is 1. The van der Waals surface area contributed by atoms with E-state index < -0.39 is 0 Å². The minimum atomic E-state index is -0.112. The van der Waals surface area contributed by atoms with Gasteiger partial charge in [0, 0.05) is 17.6 Å². The quantitative estimate of drug-likeness (QED) is 0.727. The van der Waals surface area contributed by atoms with Gasteiger partial charge in [0.25, 0.3) is 0 Å². The summed E-state index contributed by atoms with van der Waals surface area (Å²) in [4.78, 5) is 12.5. The van der Waals surface area contributed by atoms with Crippen LogP contribution in [0.1, 0.15) is 33.6 Å². The maximum atomic E-state index is 12.5. The lowest BCUT2D eigenvalue weighted by Crippen LogP contribution is -2.50. The second-order valence-electron chi connectivity index (χ2n) is 6.44. The Morgan fingerprint density at radius 3 is 2.50 bits per heavy atom. The summed E-state index contributed by atoms with van der Waals surface area (Å²) in [7, 11) is 0. The van der Waals surface area contributed by atoms with E-state index in [9.17, 15) is 9.90 Å². The zero-order chi connectivity index (χ0) is 14.9. The molecule has 110 valence electrons. The molecule has 3 atom stereocenters. The van der Waals surface area contributed by atoms with Crippen LogP contribution in [0.15, 0.2) is 24.3 Å². The van der Waals surface area contributed by atoms with Crippen molar-refractivity contribution in [2.45, 2.75) is 39.7 Å². The van der Waals surface area contributed by atoms with Gasteiger partial charge < -0.3 is 16.2 Å². The molecule has 1 aromatic rings. The molecule has 0 spiro atoms. The maximum Gasteiger partial charge on any atom is 0.228 e. The largest absolute Gasteiger partial charge is 0.508 e. The van der Waals surface area contributed by atoms with E-state index in [4.69, 9.17) is 5.73 Å². The minimum Gasteiger partial charge on any atom is -0.508 e. The van der Waals surface area contributed by atoms with E-state index in [1.54, 1.807) is 24.3 Å². The van der Waals surface area contributed by atoms with Crippen LogP contribution >= 0.6 is 0 Å². The van der Waals surface area contributed by atoms with Gasteiger partial charge in [0.2, 0.25) is 5.91 Å². The lowest BCUT2D eigenvalue weighted by molar-refractivity contribution is -0.127. The van der Waals surface area contributed by atoms with Crippen LogP contribution in [0.5, 0.6) is 5.75 Å². The van der Waals surface area contributed by atoms with Crippen LogP contribution in [0.25, 0.3) is 0 Å². The Morgan fingerprint density at radius 1 is 1.30 bits per heavy atom. The molecular formula is C16H24N2O2. The van der Waals surface area contributed by atoms with Crippen LogP contribution in [-0.4, -0.2) is 17.1 Å². The smallest absolute Gasteiger partial charge is 0.228 e. The number of nitrogens with two attached hydrogens (primary N) is 1. The van der Waals surface area contributed by atoms with Gasteiger partial charge in [-0.3, -0.25) is 4.79 Å². The first-order valence-electron chi connectivity index (χ1n) is 7.18. The summed E-state index contributed by atoms with van der Waals surface area (Å²) >= 11 is 0. The van der Waals surface area contributed by atoms with E-state index in [0.717, 1.165) is 12.8 Å². The summed E-state index contributed by atoms with van der Waals surface area (Å²) in [6.45, 7) is 6.38.